The van der Waals surface area contributed by atoms with E-state index in [1.165, 1.54) is 10.5 Å². The van der Waals surface area contributed by atoms with Crippen LogP contribution in [0.15, 0.2) is 78.0 Å². The predicted molar refractivity (Wildman–Crippen MR) is 129 cm³/mol. The first-order chi connectivity index (χ1) is 15.1. The largest absolute Gasteiger partial charge is 0.369 e. The van der Waals surface area contributed by atoms with Crippen molar-refractivity contribution in [3.63, 3.8) is 0 Å². The zero-order valence-electron chi connectivity index (χ0n) is 19.3. The molecule has 164 valence electrons. The van der Waals surface area contributed by atoms with Gasteiger partial charge < -0.3 is 5.73 Å². The maximum Gasteiger partial charge on any atom is 0.239 e. The lowest BCUT2D eigenvalue weighted by Gasteiger charge is -2.41. The first kappa shape index (κ1) is 21.8. The van der Waals surface area contributed by atoms with Gasteiger partial charge in [0.05, 0.1) is 5.92 Å². The Morgan fingerprint density at radius 3 is 2.31 bits per heavy atom. The molecule has 3 aromatic rings. The van der Waals surface area contributed by atoms with Crippen LogP contribution in [0.5, 0.6) is 0 Å². The van der Waals surface area contributed by atoms with Crippen LogP contribution in [0.3, 0.4) is 0 Å². The number of aliphatic imine (C=N–C) groups is 1. The van der Waals surface area contributed by atoms with Gasteiger partial charge in [-0.15, -0.1) is 0 Å². The molecule has 0 saturated heterocycles. The molecule has 5 nitrogen and oxygen atoms in total. The van der Waals surface area contributed by atoms with E-state index in [1.807, 2.05) is 43.5 Å². The fourth-order valence-corrected chi connectivity index (χ4v) is 4.35. The Labute approximate surface area is 190 Å². The average molecular weight is 427 g/mol. The zero-order valence-corrected chi connectivity index (χ0v) is 19.3. The van der Waals surface area contributed by atoms with Crippen molar-refractivity contribution in [2.45, 2.75) is 44.6 Å². The monoisotopic (exact) mass is 426 g/mol. The highest BCUT2D eigenvalue weighted by Crippen LogP contribution is 2.45. The van der Waals surface area contributed by atoms with Gasteiger partial charge in [-0.25, -0.2) is 4.99 Å². The number of hydrogen-bond donors (Lipinski definition) is 1. The molecule has 2 N–H and O–H groups in total. The Morgan fingerprint density at radius 1 is 1.00 bits per heavy atom. The van der Waals surface area contributed by atoms with Gasteiger partial charge in [-0.2, -0.15) is 0 Å². The predicted octanol–water partition coefficient (Wildman–Crippen LogP) is 4.83. The minimum absolute atomic E-state index is 0.0375. The second-order valence-electron chi connectivity index (χ2n) is 9.64. The Hall–Kier alpha value is -3.47. The van der Waals surface area contributed by atoms with Gasteiger partial charge in [0.1, 0.15) is 5.54 Å². The molecule has 4 rings (SSSR count). The number of rotatable bonds is 3. The molecule has 2 atom stereocenters. The maximum atomic E-state index is 13.5. The number of guanidine groups is 1. The third-order valence-electron chi connectivity index (χ3n) is 6.38. The molecule has 0 bridgehead atoms. The van der Waals surface area contributed by atoms with Gasteiger partial charge in [0.15, 0.2) is 5.96 Å². The number of hydrogen-bond acceptors (Lipinski definition) is 4. The van der Waals surface area contributed by atoms with E-state index in [9.17, 15) is 4.79 Å². The average Bonchev–Trinajstić information content (AvgIpc) is 2.78. The Balaban J connectivity index is 1.85. The fraction of sp³-hybridized carbons (Fsp3) is 0.296. The number of carbonyl (C=O) groups is 1. The maximum absolute atomic E-state index is 13.5. The molecule has 0 aliphatic carbocycles. The summed E-state index contributed by atoms with van der Waals surface area (Å²) in [4.78, 5) is 24.1. The highest BCUT2D eigenvalue weighted by Gasteiger charge is 2.47. The summed E-state index contributed by atoms with van der Waals surface area (Å²) in [5.41, 5.74) is 10.5. The van der Waals surface area contributed by atoms with Crippen LogP contribution in [0.2, 0.25) is 0 Å². The normalized spacial score (nSPS) is 21.4. The lowest BCUT2D eigenvalue weighted by molar-refractivity contribution is -0.130. The summed E-state index contributed by atoms with van der Waals surface area (Å²) in [6, 6.07) is 20.4. The van der Waals surface area contributed by atoms with Crippen molar-refractivity contribution in [3.05, 3.63) is 89.7 Å². The van der Waals surface area contributed by atoms with Crippen LogP contribution in [0, 0.1) is 0 Å². The van der Waals surface area contributed by atoms with E-state index in [4.69, 9.17) is 10.7 Å². The van der Waals surface area contributed by atoms with E-state index >= 15 is 0 Å². The molecule has 0 spiro atoms. The molecule has 2 aromatic carbocycles. The van der Waals surface area contributed by atoms with Crippen molar-refractivity contribution in [3.8, 4) is 11.1 Å². The van der Waals surface area contributed by atoms with Crippen molar-refractivity contribution in [2.75, 3.05) is 7.05 Å². The number of nitrogens with zero attached hydrogens (tertiary/aromatic N) is 3. The molecule has 0 saturated carbocycles. The molecule has 0 unspecified atom stereocenters. The van der Waals surface area contributed by atoms with Crippen molar-refractivity contribution < 1.29 is 4.79 Å². The molecular weight excluding hydrogens is 396 g/mol. The van der Waals surface area contributed by atoms with Crippen LogP contribution in [0.25, 0.3) is 11.1 Å². The van der Waals surface area contributed by atoms with Crippen LogP contribution in [0.4, 0.5) is 0 Å². The van der Waals surface area contributed by atoms with Crippen LogP contribution < -0.4 is 5.73 Å². The SMILES string of the molecule is CN1C(=O)[C@@H](c2ccc(C(C)(C)C)cc2)[C@@](C)(c2cccc(-c3cccnc3)c2)N=C1N. The summed E-state index contributed by atoms with van der Waals surface area (Å²) in [6.07, 6.45) is 3.59. The topological polar surface area (TPSA) is 71.6 Å². The molecule has 0 fully saturated rings. The van der Waals surface area contributed by atoms with E-state index in [2.05, 4.69) is 56.1 Å². The van der Waals surface area contributed by atoms with Gasteiger partial charge in [-0.1, -0.05) is 69.3 Å². The van der Waals surface area contributed by atoms with E-state index in [-0.39, 0.29) is 17.3 Å². The van der Waals surface area contributed by atoms with Crippen molar-refractivity contribution >= 4 is 11.9 Å². The second kappa shape index (κ2) is 7.90. The zero-order chi connectivity index (χ0) is 23.1. The minimum Gasteiger partial charge on any atom is -0.369 e. The number of likely N-dealkylation sites (N-methyl/N-ethyl adjacent to an activating group) is 1. The van der Waals surface area contributed by atoms with Crippen molar-refractivity contribution in [1.29, 1.82) is 0 Å². The van der Waals surface area contributed by atoms with Crippen LogP contribution in [-0.4, -0.2) is 28.8 Å². The van der Waals surface area contributed by atoms with Gasteiger partial charge in [-0.05, 0) is 52.3 Å². The quantitative estimate of drug-likeness (QED) is 0.652. The number of carbonyl (C=O) groups excluding carboxylic acids is 1. The lowest BCUT2D eigenvalue weighted by atomic mass is 9.73. The Bertz CT molecular complexity index is 1160. The minimum atomic E-state index is -0.838. The van der Waals surface area contributed by atoms with E-state index in [0.717, 1.165) is 22.3 Å². The second-order valence-corrected chi connectivity index (χ2v) is 9.64. The number of pyridine rings is 1. The number of aromatic nitrogens is 1. The Morgan fingerprint density at radius 2 is 1.69 bits per heavy atom. The summed E-state index contributed by atoms with van der Waals surface area (Å²) in [6.45, 7) is 8.54. The Kier molecular flexibility index (Phi) is 5.37. The molecule has 1 aliphatic rings. The number of nitrogens with two attached hydrogens (primary N) is 1. The summed E-state index contributed by atoms with van der Waals surface area (Å²) in [7, 11) is 1.68. The summed E-state index contributed by atoms with van der Waals surface area (Å²) in [5, 5.41) is 0. The van der Waals surface area contributed by atoms with E-state index in [0.29, 0.717) is 0 Å². The highest BCUT2D eigenvalue weighted by molar-refractivity contribution is 6.02. The molecule has 1 amide bonds. The molecule has 0 radical (unpaired) electrons. The highest BCUT2D eigenvalue weighted by atomic mass is 16.2. The summed E-state index contributed by atoms with van der Waals surface area (Å²) >= 11 is 0. The molecule has 1 aromatic heterocycles. The first-order valence-corrected chi connectivity index (χ1v) is 10.9. The third-order valence-corrected chi connectivity index (χ3v) is 6.38. The van der Waals surface area contributed by atoms with Gasteiger partial charge in [0, 0.05) is 19.4 Å². The van der Waals surface area contributed by atoms with Gasteiger partial charge in [0.2, 0.25) is 5.91 Å². The van der Waals surface area contributed by atoms with Crippen molar-refractivity contribution in [1.82, 2.24) is 9.88 Å². The van der Waals surface area contributed by atoms with Crippen LogP contribution in [-0.2, 0) is 15.7 Å². The van der Waals surface area contributed by atoms with Gasteiger partial charge in [-0.3, -0.25) is 14.7 Å². The standard InChI is InChI=1S/C27H30N4O/c1-26(2,3)21-13-11-18(12-14-21)23-24(32)31(5)25(28)30-27(23,4)22-10-6-8-19(16-22)20-9-7-15-29-17-20/h6-17,23H,1-5H3,(H2,28,30)/t23-,27-/m1/s1. The lowest BCUT2D eigenvalue weighted by Crippen LogP contribution is -2.52. The van der Waals surface area contributed by atoms with E-state index in [1.54, 1.807) is 13.2 Å². The van der Waals surface area contributed by atoms with Crippen LogP contribution >= 0.6 is 0 Å². The number of amides is 1. The van der Waals surface area contributed by atoms with Gasteiger partial charge >= 0.3 is 0 Å². The molecule has 2 heterocycles. The van der Waals surface area contributed by atoms with Gasteiger partial charge in [0.25, 0.3) is 0 Å². The van der Waals surface area contributed by atoms with Crippen molar-refractivity contribution in [2.24, 2.45) is 10.7 Å². The smallest absolute Gasteiger partial charge is 0.239 e. The molecule has 1 aliphatic heterocycles. The first-order valence-electron chi connectivity index (χ1n) is 10.9. The molecule has 32 heavy (non-hydrogen) atoms. The molecule has 5 heteroatoms. The summed E-state index contributed by atoms with van der Waals surface area (Å²) in [5.74, 6) is -0.319. The fourth-order valence-electron chi connectivity index (χ4n) is 4.35. The summed E-state index contributed by atoms with van der Waals surface area (Å²) < 4.78 is 0. The number of benzene rings is 2. The molecular formula is C27H30N4O. The van der Waals surface area contributed by atoms with Crippen LogP contribution in [0.1, 0.15) is 50.3 Å². The van der Waals surface area contributed by atoms with E-state index < -0.39 is 11.5 Å². The third kappa shape index (κ3) is 3.79.